The number of hydrogen-bond acceptors (Lipinski definition) is 2. The number of hydrogen-bond donors (Lipinski definition) is 1. The minimum atomic E-state index is -4.23. The first-order chi connectivity index (χ1) is 10.5. The first-order valence-electron chi connectivity index (χ1n) is 7.95. The highest BCUT2D eigenvalue weighted by Crippen LogP contribution is 2.30. The minimum Gasteiger partial charge on any atom is -0.282 e. The lowest BCUT2D eigenvalue weighted by Gasteiger charge is -2.17. The topological polar surface area (TPSA) is 54.4 Å². The molecule has 0 spiro atoms. The number of unbranched alkanes of at least 4 members (excludes halogenated alkanes) is 1. The first-order valence-corrected chi connectivity index (χ1v) is 9.39. The van der Waals surface area contributed by atoms with Gasteiger partial charge in [-0.05, 0) is 23.3 Å². The summed E-state index contributed by atoms with van der Waals surface area (Å²) >= 11 is 0. The highest BCUT2D eigenvalue weighted by atomic mass is 32.2. The maximum atomic E-state index is 11.9. The van der Waals surface area contributed by atoms with E-state index in [4.69, 9.17) is 0 Å². The van der Waals surface area contributed by atoms with E-state index >= 15 is 0 Å². The highest BCUT2D eigenvalue weighted by Gasteiger charge is 2.21. The predicted molar refractivity (Wildman–Crippen MR) is 90.8 cm³/mol. The van der Waals surface area contributed by atoms with Crippen molar-refractivity contribution >= 4 is 20.9 Å². The molecular formula is C18H24O3S. The van der Waals surface area contributed by atoms with Crippen molar-refractivity contribution in [1.82, 2.24) is 0 Å². The molecule has 0 aliphatic heterocycles. The van der Waals surface area contributed by atoms with Crippen LogP contribution in [-0.4, -0.2) is 13.0 Å². The molecule has 0 aliphatic rings. The van der Waals surface area contributed by atoms with Crippen LogP contribution in [0, 0.1) is 5.92 Å². The summed E-state index contributed by atoms with van der Waals surface area (Å²) < 4.78 is 33.5. The van der Waals surface area contributed by atoms with Gasteiger partial charge in [-0.15, -0.1) is 0 Å². The minimum absolute atomic E-state index is 0.0838. The Morgan fingerprint density at radius 1 is 1.09 bits per heavy atom. The molecule has 2 aromatic rings. The van der Waals surface area contributed by atoms with Crippen molar-refractivity contribution in [2.45, 2.75) is 50.8 Å². The molecule has 1 unspecified atom stereocenters. The van der Waals surface area contributed by atoms with E-state index < -0.39 is 10.1 Å². The third kappa shape index (κ3) is 3.87. The second kappa shape index (κ2) is 7.25. The van der Waals surface area contributed by atoms with Crippen LogP contribution in [0.3, 0.4) is 0 Å². The molecular weight excluding hydrogens is 296 g/mol. The van der Waals surface area contributed by atoms with Gasteiger partial charge in [0, 0.05) is 5.39 Å². The van der Waals surface area contributed by atoms with Crippen LogP contribution in [0.2, 0.25) is 0 Å². The Morgan fingerprint density at radius 2 is 1.82 bits per heavy atom. The summed E-state index contributed by atoms with van der Waals surface area (Å²) in [5.41, 5.74) is 0.726. The molecule has 2 rings (SSSR count). The van der Waals surface area contributed by atoms with Crippen molar-refractivity contribution in [3.05, 3.63) is 42.0 Å². The molecule has 0 amide bonds. The monoisotopic (exact) mass is 320 g/mol. The van der Waals surface area contributed by atoms with E-state index in [1.165, 1.54) is 0 Å². The molecule has 0 saturated heterocycles. The molecule has 0 radical (unpaired) electrons. The normalized spacial score (nSPS) is 13.4. The van der Waals surface area contributed by atoms with E-state index in [1.807, 2.05) is 24.3 Å². The zero-order valence-corrected chi connectivity index (χ0v) is 14.1. The van der Waals surface area contributed by atoms with Crippen molar-refractivity contribution in [2.75, 3.05) is 0 Å². The Morgan fingerprint density at radius 3 is 2.45 bits per heavy atom. The second-order valence-electron chi connectivity index (χ2n) is 5.87. The summed E-state index contributed by atoms with van der Waals surface area (Å²) in [4.78, 5) is 0.0838. The molecule has 1 N–H and O–H groups in total. The van der Waals surface area contributed by atoms with Crippen LogP contribution in [0.5, 0.6) is 0 Å². The van der Waals surface area contributed by atoms with Crippen molar-refractivity contribution in [2.24, 2.45) is 5.92 Å². The van der Waals surface area contributed by atoms with E-state index in [1.54, 1.807) is 12.1 Å². The summed E-state index contributed by atoms with van der Waals surface area (Å²) in [6.07, 6.45) is 5.08. The molecule has 4 heteroatoms. The van der Waals surface area contributed by atoms with Crippen molar-refractivity contribution in [1.29, 1.82) is 0 Å². The summed E-state index contributed by atoms with van der Waals surface area (Å²) in [6.45, 7) is 4.29. The smallest absolute Gasteiger partial charge is 0.282 e. The van der Waals surface area contributed by atoms with Crippen LogP contribution in [0.25, 0.3) is 10.8 Å². The van der Waals surface area contributed by atoms with Gasteiger partial charge in [0.15, 0.2) is 0 Å². The Hall–Kier alpha value is -1.39. The summed E-state index contributed by atoms with van der Waals surface area (Å²) in [7, 11) is -4.23. The average molecular weight is 320 g/mol. The first kappa shape index (κ1) is 17.0. The standard InChI is InChI=1S/C18H24O3S/c1-3-5-8-14(4-2)13-16-12-11-15-9-6-7-10-17(15)18(16)22(19,20)21/h6-7,9-12,14H,3-5,8,13H2,1-2H3,(H,19,20,21). The molecule has 1 atom stereocenters. The van der Waals surface area contributed by atoms with Crippen LogP contribution < -0.4 is 0 Å². The van der Waals surface area contributed by atoms with Crippen LogP contribution in [0.4, 0.5) is 0 Å². The van der Waals surface area contributed by atoms with Gasteiger partial charge >= 0.3 is 0 Å². The molecule has 3 nitrogen and oxygen atoms in total. The Kier molecular flexibility index (Phi) is 5.59. The van der Waals surface area contributed by atoms with E-state index in [0.717, 1.165) is 36.6 Å². The van der Waals surface area contributed by atoms with Crippen molar-refractivity contribution < 1.29 is 13.0 Å². The molecule has 22 heavy (non-hydrogen) atoms. The quantitative estimate of drug-likeness (QED) is 0.742. The third-order valence-electron chi connectivity index (χ3n) is 4.27. The third-order valence-corrected chi connectivity index (χ3v) is 5.27. The number of rotatable bonds is 7. The lowest BCUT2D eigenvalue weighted by Crippen LogP contribution is -2.09. The number of benzene rings is 2. The van der Waals surface area contributed by atoms with Gasteiger partial charge in [0.25, 0.3) is 10.1 Å². The lowest BCUT2D eigenvalue weighted by atomic mass is 9.91. The van der Waals surface area contributed by atoms with Crippen molar-refractivity contribution in [3.63, 3.8) is 0 Å². The summed E-state index contributed by atoms with van der Waals surface area (Å²) in [5.74, 6) is 0.446. The zero-order chi connectivity index (χ0) is 16.2. The van der Waals surface area contributed by atoms with Gasteiger partial charge in [0.05, 0.1) is 0 Å². The predicted octanol–water partition coefficient (Wildman–Crippen LogP) is 4.85. The zero-order valence-electron chi connectivity index (χ0n) is 13.2. The van der Waals surface area contributed by atoms with Crippen LogP contribution in [0.15, 0.2) is 41.3 Å². The van der Waals surface area contributed by atoms with Crippen LogP contribution >= 0.6 is 0 Å². The second-order valence-corrected chi connectivity index (χ2v) is 7.23. The molecule has 0 saturated carbocycles. The Labute approximate surface area is 133 Å². The molecule has 0 bridgehead atoms. The van der Waals surface area contributed by atoms with E-state index in [9.17, 15) is 13.0 Å². The van der Waals surface area contributed by atoms with E-state index in [0.29, 0.717) is 17.7 Å². The molecule has 2 aromatic carbocycles. The lowest BCUT2D eigenvalue weighted by molar-refractivity contribution is 0.443. The van der Waals surface area contributed by atoms with Gasteiger partial charge in [-0.3, -0.25) is 4.55 Å². The van der Waals surface area contributed by atoms with Gasteiger partial charge in [-0.1, -0.05) is 75.9 Å². The molecule has 120 valence electrons. The SMILES string of the molecule is CCCCC(CC)Cc1ccc2ccccc2c1S(=O)(=O)O. The van der Waals surface area contributed by atoms with Crippen LogP contribution in [0.1, 0.15) is 45.1 Å². The van der Waals surface area contributed by atoms with Crippen LogP contribution in [-0.2, 0) is 16.5 Å². The van der Waals surface area contributed by atoms with Gasteiger partial charge in [0.2, 0.25) is 0 Å². The highest BCUT2D eigenvalue weighted by molar-refractivity contribution is 7.86. The Bertz CT molecular complexity index is 735. The molecule has 0 heterocycles. The van der Waals surface area contributed by atoms with E-state index in [2.05, 4.69) is 13.8 Å². The van der Waals surface area contributed by atoms with Gasteiger partial charge in [-0.25, -0.2) is 0 Å². The van der Waals surface area contributed by atoms with Gasteiger partial charge in [0.1, 0.15) is 4.90 Å². The Balaban J connectivity index is 2.49. The molecule has 0 fully saturated rings. The fourth-order valence-electron chi connectivity index (χ4n) is 3.01. The fraction of sp³-hybridized carbons (Fsp3) is 0.444. The average Bonchev–Trinajstić information content (AvgIpc) is 2.49. The molecule has 0 aromatic heterocycles. The fourth-order valence-corrected chi connectivity index (χ4v) is 3.95. The van der Waals surface area contributed by atoms with Gasteiger partial charge in [-0.2, -0.15) is 8.42 Å². The summed E-state index contributed by atoms with van der Waals surface area (Å²) in [6, 6.07) is 11.1. The molecule has 0 aliphatic carbocycles. The maximum absolute atomic E-state index is 11.9. The number of fused-ring (bicyclic) bond motifs is 1. The van der Waals surface area contributed by atoms with E-state index in [-0.39, 0.29) is 4.90 Å². The summed E-state index contributed by atoms with van der Waals surface area (Å²) in [5, 5.41) is 1.44. The largest absolute Gasteiger partial charge is 0.295 e. The maximum Gasteiger partial charge on any atom is 0.295 e. The van der Waals surface area contributed by atoms with Gasteiger partial charge < -0.3 is 0 Å². The van der Waals surface area contributed by atoms with Crippen molar-refractivity contribution in [3.8, 4) is 0 Å².